The fraction of sp³-hybridized carbons (Fsp3) is 0.529. The maximum absolute atomic E-state index is 13.6. The summed E-state index contributed by atoms with van der Waals surface area (Å²) in [5.41, 5.74) is -0.177. The highest BCUT2D eigenvalue weighted by Crippen LogP contribution is 2.20. The molecule has 1 aliphatic heterocycles. The molecule has 0 spiro atoms. The molecular weight excluding hydrogens is 316 g/mol. The summed E-state index contributed by atoms with van der Waals surface area (Å²) in [6.07, 6.45) is 1.92. The van der Waals surface area contributed by atoms with Crippen LogP contribution in [0.4, 0.5) is 8.78 Å². The van der Waals surface area contributed by atoms with Gasteiger partial charge in [-0.1, -0.05) is 0 Å². The third kappa shape index (κ3) is 4.74. The van der Waals surface area contributed by atoms with Crippen molar-refractivity contribution < 1.29 is 18.4 Å². The van der Waals surface area contributed by atoms with Crippen molar-refractivity contribution in [1.29, 1.82) is 0 Å². The number of nitrogens with one attached hydrogen (secondary N) is 1. The molecular formula is C17H23F2N3O2. The van der Waals surface area contributed by atoms with Gasteiger partial charge in [-0.15, -0.1) is 0 Å². The van der Waals surface area contributed by atoms with E-state index in [1.807, 2.05) is 23.9 Å². The Morgan fingerprint density at radius 1 is 1.38 bits per heavy atom. The van der Waals surface area contributed by atoms with Gasteiger partial charge in [0.05, 0.1) is 5.56 Å². The molecule has 1 fully saturated rings. The number of rotatable bonds is 7. The molecule has 24 heavy (non-hydrogen) atoms. The molecule has 0 unspecified atom stereocenters. The molecule has 1 atom stereocenters. The molecule has 1 heterocycles. The standard InChI is InChI=1S/C17H23F2N3O2/c1-21(2)9-10-22-13(4-6-16(22)23)7-8-20-17(24)14-5-3-12(18)11-15(14)19/h3,5,11,13H,4,6-10H2,1-2H3,(H,20,24)/t13-/m1/s1. The van der Waals surface area contributed by atoms with Crippen molar-refractivity contribution in [3.05, 3.63) is 35.4 Å². The zero-order valence-electron chi connectivity index (χ0n) is 14.0. The number of carbonyl (C=O) groups excluding carboxylic acids is 2. The number of halogens is 2. The SMILES string of the molecule is CN(C)CCN1C(=O)CC[C@@H]1CCNC(=O)c1ccc(F)cc1F. The molecule has 1 N–H and O–H groups in total. The maximum Gasteiger partial charge on any atom is 0.254 e. The van der Waals surface area contributed by atoms with Crippen molar-refractivity contribution >= 4 is 11.8 Å². The second kappa shape index (κ2) is 8.19. The third-order valence-electron chi connectivity index (χ3n) is 4.18. The van der Waals surface area contributed by atoms with Gasteiger partial charge in [0.15, 0.2) is 0 Å². The average Bonchev–Trinajstić information content (AvgIpc) is 2.85. The van der Waals surface area contributed by atoms with Crippen molar-refractivity contribution in [2.75, 3.05) is 33.7 Å². The fourth-order valence-corrected chi connectivity index (χ4v) is 2.83. The molecule has 1 aromatic carbocycles. The predicted molar refractivity (Wildman–Crippen MR) is 86.6 cm³/mol. The zero-order chi connectivity index (χ0) is 17.7. The van der Waals surface area contributed by atoms with Gasteiger partial charge >= 0.3 is 0 Å². The Hall–Kier alpha value is -2.02. The summed E-state index contributed by atoms with van der Waals surface area (Å²) in [7, 11) is 3.90. The minimum Gasteiger partial charge on any atom is -0.352 e. The maximum atomic E-state index is 13.6. The zero-order valence-corrected chi connectivity index (χ0v) is 14.0. The molecule has 7 heteroatoms. The molecule has 0 aliphatic carbocycles. The van der Waals surface area contributed by atoms with E-state index in [4.69, 9.17) is 0 Å². The first-order valence-electron chi connectivity index (χ1n) is 8.06. The number of benzene rings is 1. The van der Waals surface area contributed by atoms with Crippen LogP contribution in [0.1, 0.15) is 29.6 Å². The number of likely N-dealkylation sites (N-methyl/N-ethyl adjacent to an activating group) is 1. The van der Waals surface area contributed by atoms with Crippen LogP contribution in [0.5, 0.6) is 0 Å². The number of hydrogen-bond acceptors (Lipinski definition) is 3. The molecule has 1 aromatic rings. The van der Waals surface area contributed by atoms with E-state index in [1.54, 1.807) is 0 Å². The number of likely N-dealkylation sites (tertiary alicyclic amines) is 1. The summed E-state index contributed by atoms with van der Waals surface area (Å²) in [5.74, 6) is -2.03. The van der Waals surface area contributed by atoms with Gasteiger partial charge in [-0.2, -0.15) is 0 Å². The minimum absolute atomic E-state index is 0.0933. The van der Waals surface area contributed by atoms with Crippen LogP contribution in [-0.2, 0) is 4.79 Å². The second-order valence-electron chi connectivity index (χ2n) is 6.25. The monoisotopic (exact) mass is 339 g/mol. The van der Waals surface area contributed by atoms with Gasteiger partial charge in [0.1, 0.15) is 11.6 Å². The van der Waals surface area contributed by atoms with E-state index in [1.165, 1.54) is 0 Å². The van der Waals surface area contributed by atoms with Crippen LogP contribution < -0.4 is 5.32 Å². The van der Waals surface area contributed by atoms with E-state index in [9.17, 15) is 18.4 Å². The van der Waals surface area contributed by atoms with Crippen molar-refractivity contribution in [2.24, 2.45) is 0 Å². The van der Waals surface area contributed by atoms with Crippen molar-refractivity contribution in [2.45, 2.75) is 25.3 Å². The predicted octanol–water partition coefficient (Wildman–Crippen LogP) is 1.64. The number of nitrogens with zero attached hydrogens (tertiary/aromatic N) is 2. The summed E-state index contributed by atoms with van der Waals surface area (Å²) in [4.78, 5) is 27.7. The highest BCUT2D eigenvalue weighted by Gasteiger charge is 2.30. The Bertz CT molecular complexity index is 607. The van der Waals surface area contributed by atoms with Crippen LogP contribution in [0.2, 0.25) is 0 Å². The van der Waals surface area contributed by atoms with E-state index < -0.39 is 17.5 Å². The van der Waals surface area contributed by atoms with Crippen LogP contribution in [0.3, 0.4) is 0 Å². The quantitative estimate of drug-likeness (QED) is 0.822. The Labute approximate surface area is 140 Å². The van der Waals surface area contributed by atoms with E-state index in [0.29, 0.717) is 32.0 Å². The van der Waals surface area contributed by atoms with Crippen LogP contribution in [0, 0.1) is 11.6 Å². The highest BCUT2D eigenvalue weighted by molar-refractivity contribution is 5.94. The Morgan fingerprint density at radius 3 is 2.79 bits per heavy atom. The Kier molecular flexibility index (Phi) is 6.25. The first-order valence-corrected chi connectivity index (χ1v) is 8.06. The van der Waals surface area contributed by atoms with E-state index in [-0.39, 0.29) is 17.5 Å². The van der Waals surface area contributed by atoms with Gasteiger partial charge in [-0.25, -0.2) is 8.78 Å². The molecule has 2 rings (SSSR count). The summed E-state index contributed by atoms with van der Waals surface area (Å²) < 4.78 is 26.4. The Morgan fingerprint density at radius 2 is 2.12 bits per heavy atom. The van der Waals surface area contributed by atoms with Gasteiger partial charge in [0.2, 0.25) is 5.91 Å². The highest BCUT2D eigenvalue weighted by atomic mass is 19.1. The van der Waals surface area contributed by atoms with Crippen molar-refractivity contribution in [3.8, 4) is 0 Å². The van der Waals surface area contributed by atoms with Crippen LogP contribution in [-0.4, -0.2) is 61.4 Å². The fourth-order valence-electron chi connectivity index (χ4n) is 2.83. The molecule has 5 nitrogen and oxygen atoms in total. The van der Waals surface area contributed by atoms with Gasteiger partial charge in [-0.3, -0.25) is 9.59 Å². The summed E-state index contributed by atoms with van der Waals surface area (Å²) in [6.45, 7) is 1.79. The van der Waals surface area contributed by atoms with Crippen LogP contribution in [0.25, 0.3) is 0 Å². The Balaban J connectivity index is 1.84. The molecule has 1 saturated heterocycles. The number of carbonyl (C=O) groups is 2. The second-order valence-corrected chi connectivity index (χ2v) is 6.25. The lowest BCUT2D eigenvalue weighted by Gasteiger charge is -2.26. The number of hydrogen-bond donors (Lipinski definition) is 1. The van der Waals surface area contributed by atoms with Crippen LogP contribution in [0.15, 0.2) is 18.2 Å². The van der Waals surface area contributed by atoms with Gasteiger partial charge in [0, 0.05) is 38.2 Å². The lowest BCUT2D eigenvalue weighted by atomic mass is 10.1. The molecule has 0 radical (unpaired) electrons. The van der Waals surface area contributed by atoms with E-state index >= 15 is 0 Å². The summed E-state index contributed by atoms with van der Waals surface area (Å²) in [5, 5.41) is 2.64. The topological polar surface area (TPSA) is 52.6 Å². The number of amides is 2. The van der Waals surface area contributed by atoms with Crippen molar-refractivity contribution in [1.82, 2.24) is 15.1 Å². The summed E-state index contributed by atoms with van der Waals surface area (Å²) >= 11 is 0. The third-order valence-corrected chi connectivity index (χ3v) is 4.18. The average molecular weight is 339 g/mol. The van der Waals surface area contributed by atoms with Gasteiger partial charge in [-0.05, 0) is 39.1 Å². The van der Waals surface area contributed by atoms with Crippen LogP contribution >= 0.6 is 0 Å². The first-order chi connectivity index (χ1) is 11.4. The molecule has 0 bridgehead atoms. The molecule has 0 aromatic heterocycles. The molecule has 2 amide bonds. The molecule has 132 valence electrons. The van der Waals surface area contributed by atoms with E-state index in [0.717, 1.165) is 25.1 Å². The van der Waals surface area contributed by atoms with Crippen molar-refractivity contribution in [3.63, 3.8) is 0 Å². The van der Waals surface area contributed by atoms with E-state index in [2.05, 4.69) is 5.32 Å². The normalized spacial score (nSPS) is 17.6. The lowest BCUT2D eigenvalue weighted by Crippen LogP contribution is -2.40. The largest absolute Gasteiger partial charge is 0.352 e. The first kappa shape index (κ1) is 18.3. The molecule has 1 aliphatic rings. The van der Waals surface area contributed by atoms with Gasteiger partial charge < -0.3 is 15.1 Å². The molecule has 0 saturated carbocycles. The smallest absolute Gasteiger partial charge is 0.254 e. The summed E-state index contributed by atoms with van der Waals surface area (Å²) in [6, 6.07) is 2.96. The minimum atomic E-state index is -0.879. The lowest BCUT2D eigenvalue weighted by molar-refractivity contribution is -0.129. The van der Waals surface area contributed by atoms with Gasteiger partial charge in [0.25, 0.3) is 5.91 Å².